The molecule has 0 saturated heterocycles. The fraction of sp³-hybridized carbons (Fsp3) is 0.385. The van der Waals surface area contributed by atoms with Crippen molar-refractivity contribution in [1.82, 2.24) is 9.78 Å². The number of hydrogen-bond donors (Lipinski definition) is 1. The molecule has 1 N–H and O–H groups in total. The number of para-hydroxylation sites is 1. The zero-order valence-electron chi connectivity index (χ0n) is 20.8. The first-order valence-corrected chi connectivity index (χ1v) is 13.5. The number of amides is 1. The molecule has 33 heavy (non-hydrogen) atoms. The van der Waals surface area contributed by atoms with E-state index >= 15 is 0 Å². The van der Waals surface area contributed by atoms with Crippen LogP contribution in [0.5, 0.6) is 11.5 Å². The average Bonchev–Trinajstić information content (AvgIpc) is 3.11. The number of hydrogen-bond acceptors (Lipinski definition) is 4. The summed E-state index contributed by atoms with van der Waals surface area (Å²) in [5.41, 5.74) is 2.57. The summed E-state index contributed by atoms with van der Waals surface area (Å²) in [5, 5.41) is 7.72. The number of benzene rings is 2. The van der Waals surface area contributed by atoms with Crippen molar-refractivity contribution in [2.75, 3.05) is 5.32 Å². The third-order valence-electron chi connectivity index (χ3n) is 5.03. The van der Waals surface area contributed by atoms with Crippen LogP contribution in [0.3, 0.4) is 0 Å². The van der Waals surface area contributed by atoms with Crippen LogP contribution in [0.4, 0.5) is 10.6 Å². The minimum atomic E-state index is -1.03. The standard InChI is InChI=1S/C26H34N3O3Si/c1-25(2,3)18-14-15-20(21(16-18)32-33(7)8)29-23(17-22(28-29)26(4,5)6)27-24(30)31-19-12-10-9-11-13-19/h9-17H,1-8H3,(H,27,30). The van der Waals surface area contributed by atoms with E-state index in [2.05, 4.69) is 72.1 Å². The summed E-state index contributed by atoms with van der Waals surface area (Å²) in [6.07, 6.45) is -0.577. The molecule has 0 atom stereocenters. The number of carbonyl (C=O) groups is 1. The monoisotopic (exact) mass is 464 g/mol. The van der Waals surface area contributed by atoms with Crippen molar-refractivity contribution in [3.63, 3.8) is 0 Å². The molecular weight excluding hydrogens is 430 g/mol. The summed E-state index contributed by atoms with van der Waals surface area (Å²) in [6.45, 7) is 17.0. The van der Waals surface area contributed by atoms with Gasteiger partial charge in [0.15, 0.2) is 0 Å². The van der Waals surface area contributed by atoms with Crippen LogP contribution in [0, 0.1) is 0 Å². The molecule has 0 fully saturated rings. The Hall–Kier alpha value is -3.06. The summed E-state index contributed by atoms with van der Waals surface area (Å²) in [5.74, 6) is 1.75. The second-order valence-corrected chi connectivity index (χ2v) is 12.4. The Bertz CT molecular complexity index is 1110. The van der Waals surface area contributed by atoms with Crippen LogP contribution in [-0.2, 0) is 10.8 Å². The van der Waals surface area contributed by atoms with Gasteiger partial charge in [0.2, 0.25) is 0 Å². The smallest absolute Gasteiger partial charge is 0.418 e. The van der Waals surface area contributed by atoms with E-state index in [1.54, 1.807) is 16.8 Å². The fourth-order valence-electron chi connectivity index (χ4n) is 3.20. The largest absolute Gasteiger partial charge is 0.541 e. The molecule has 0 bridgehead atoms. The van der Waals surface area contributed by atoms with Gasteiger partial charge in [0.05, 0.1) is 5.69 Å². The molecule has 1 radical (unpaired) electrons. The van der Waals surface area contributed by atoms with Crippen LogP contribution in [-0.4, -0.2) is 24.9 Å². The number of nitrogens with one attached hydrogen (secondary N) is 1. The molecule has 0 spiro atoms. The molecular formula is C26H34N3O3Si. The summed E-state index contributed by atoms with van der Waals surface area (Å²) >= 11 is 0. The van der Waals surface area contributed by atoms with Crippen LogP contribution in [0.25, 0.3) is 5.69 Å². The highest BCUT2D eigenvalue weighted by Crippen LogP contribution is 2.34. The SMILES string of the molecule is C[Si](C)Oc1cc(C(C)(C)C)ccc1-n1nc(C(C)(C)C)cc1NC(=O)Oc1ccccc1. The van der Waals surface area contributed by atoms with E-state index in [4.69, 9.17) is 14.3 Å². The number of aromatic nitrogens is 2. The highest BCUT2D eigenvalue weighted by molar-refractivity contribution is 6.49. The number of rotatable bonds is 5. The van der Waals surface area contributed by atoms with Crippen molar-refractivity contribution >= 4 is 21.0 Å². The fourth-order valence-corrected chi connectivity index (χ4v) is 3.81. The molecule has 3 aromatic rings. The Labute approximate surface area is 198 Å². The average molecular weight is 465 g/mol. The number of nitrogens with zero attached hydrogens (tertiary/aromatic N) is 2. The lowest BCUT2D eigenvalue weighted by Crippen LogP contribution is -2.20. The van der Waals surface area contributed by atoms with Crippen LogP contribution in [0.1, 0.15) is 52.8 Å². The van der Waals surface area contributed by atoms with Crippen LogP contribution in [0.15, 0.2) is 54.6 Å². The maximum Gasteiger partial charge on any atom is 0.418 e. The molecule has 1 aromatic heterocycles. The Balaban J connectivity index is 2.06. The Morgan fingerprint density at radius 2 is 1.61 bits per heavy atom. The predicted molar refractivity (Wildman–Crippen MR) is 135 cm³/mol. The number of anilines is 1. The molecule has 0 unspecified atom stereocenters. The van der Waals surface area contributed by atoms with Gasteiger partial charge in [-0.15, -0.1) is 0 Å². The summed E-state index contributed by atoms with van der Waals surface area (Å²) in [6, 6.07) is 17.0. The Kier molecular flexibility index (Phi) is 7.02. The van der Waals surface area contributed by atoms with Crippen molar-refractivity contribution in [3.05, 3.63) is 65.9 Å². The number of carbonyl (C=O) groups excluding carboxylic acids is 1. The zero-order valence-corrected chi connectivity index (χ0v) is 21.8. The van der Waals surface area contributed by atoms with Crippen molar-refractivity contribution in [1.29, 1.82) is 0 Å². The van der Waals surface area contributed by atoms with Gasteiger partial charge < -0.3 is 9.16 Å². The first-order chi connectivity index (χ1) is 15.3. The Morgan fingerprint density at radius 3 is 2.18 bits per heavy atom. The minimum absolute atomic E-state index is 0.0215. The third kappa shape index (κ3) is 6.26. The van der Waals surface area contributed by atoms with Crippen LogP contribution < -0.4 is 14.5 Å². The van der Waals surface area contributed by atoms with Gasteiger partial charge in [-0.3, -0.25) is 5.32 Å². The van der Waals surface area contributed by atoms with E-state index in [0.29, 0.717) is 11.6 Å². The first kappa shape index (κ1) is 24.6. The molecule has 6 nitrogen and oxygen atoms in total. The Morgan fingerprint density at radius 1 is 0.939 bits per heavy atom. The normalized spacial score (nSPS) is 12.0. The molecule has 0 saturated carbocycles. The van der Waals surface area contributed by atoms with Gasteiger partial charge in [-0.25, -0.2) is 9.48 Å². The third-order valence-corrected chi connectivity index (χ3v) is 5.66. The van der Waals surface area contributed by atoms with Crippen LogP contribution >= 0.6 is 0 Å². The van der Waals surface area contributed by atoms with Gasteiger partial charge in [0, 0.05) is 11.5 Å². The second kappa shape index (κ2) is 9.43. The van der Waals surface area contributed by atoms with Gasteiger partial charge in [-0.1, -0.05) is 65.8 Å². The second-order valence-electron chi connectivity index (χ2n) is 10.3. The predicted octanol–water partition coefficient (Wildman–Crippen LogP) is 6.71. The van der Waals surface area contributed by atoms with Crippen molar-refractivity contribution in [2.45, 2.75) is 65.5 Å². The van der Waals surface area contributed by atoms with Gasteiger partial charge >= 0.3 is 6.09 Å². The maximum atomic E-state index is 12.7. The molecule has 1 heterocycles. The van der Waals surface area contributed by atoms with Crippen molar-refractivity contribution in [2.24, 2.45) is 0 Å². The topological polar surface area (TPSA) is 65.4 Å². The van der Waals surface area contributed by atoms with Crippen molar-refractivity contribution in [3.8, 4) is 17.2 Å². The van der Waals surface area contributed by atoms with E-state index in [0.717, 1.165) is 17.1 Å². The zero-order chi connectivity index (χ0) is 24.4. The van der Waals surface area contributed by atoms with Gasteiger partial charge in [-0.2, -0.15) is 5.10 Å². The van der Waals surface area contributed by atoms with Crippen LogP contribution in [0.2, 0.25) is 13.1 Å². The lowest BCUT2D eigenvalue weighted by Gasteiger charge is -2.23. The highest BCUT2D eigenvalue weighted by Gasteiger charge is 2.25. The molecule has 1 amide bonds. The molecule has 7 heteroatoms. The van der Waals surface area contributed by atoms with Gasteiger partial charge in [-0.05, 0) is 48.3 Å². The molecule has 0 aliphatic heterocycles. The lowest BCUT2D eigenvalue weighted by molar-refractivity contribution is 0.215. The quantitative estimate of drug-likeness (QED) is 0.426. The lowest BCUT2D eigenvalue weighted by atomic mass is 9.87. The minimum Gasteiger partial charge on any atom is -0.541 e. The van der Waals surface area contributed by atoms with E-state index in [1.807, 2.05) is 30.3 Å². The van der Waals surface area contributed by atoms with Gasteiger partial charge in [0.25, 0.3) is 9.04 Å². The summed E-state index contributed by atoms with van der Waals surface area (Å²) < 4.78 is 13.5. The molecule has 0 aliphatic carbocycles. The first-order valence-electron chi connectivity index (χ1n) is 11.1. The molecule has 2 aromatic carbocycles. The summed E-state index contributed by atoms with van der Waals surface area (Å²) in [4.78, 5) is 12.7. The number of ether oxygens (including phenoxy) is 1. The molecule has 3 rings (SSSR count). The van der Waals surface area contributed by atoms with E-state index in [1.165, 1.54) is 5.56 Å². The van der Waals surface area contributed by atoms with E-state index in [-0.39, 0.29) is 10.8 Å². The van der Waals surface area contributed by atoms with E-state index in [9.17, 15) is 4.79 Å². The van der Waals surface area contributed by atoms with Gasteiger partial charge in [0.1, 0.15) is 23.0 Å². The molecule has 0 aliphatic rings. The van der Waals surface area contributed by atoms with Crippen molar-refractivity contribution < 1.29 is 14.0 Å². The highest BCUT2D eigenvalue weighted by atomic mass is 28.3. The maximum absolute atomic E-state index is 12.7. The molecule has 175 valence electrons. The summed E-state index contributed by atoms with van der Waals surface area (Å²) in [7, 11) is -1.03. The van der Waals surface area contributed by atoms with E-state index < -0.39 is 15.1 Å².